The van der Waals surface area contributed by atoms with Crippen molar-refractivity contribution in [1.29, 1.82) is 0 Å². The van der Waals surface area contributed by atoms with Crippen molar-refractivity contribution in [3.05, 3.63) is 22.2 Å². The number of hydrogen-bond acceptors (Lipinski definition) is 6. The molecule has 2 N–H and O–H groups in total. The molecule has 4 atom stereocenters. The van der Waals surface area contributed by atoms with E-state index in [1.165, 1.54) is 25.2 Å². The van der Waals surface area contributed by atoms with Gasteiger partial charge in [0.1, 0.15) is 0 Å². The fourth-order valence-corrected chi connectivity index (χ4v) is 10.4. The van der Waals surface area contributed by atoms with Gasteiger partial charge in [-0.25, -0.2) is 0 Å². The van der Waals surface area contributed by atoms with Crippen molar-refractivity contribution in [3.63, 3.8) is 0 Å². The van der Waals surface area contributed by atoms with Crippen LogP contribution in [0.1, 0.15) is 61.9 Å². The van der Waals surface area contributed by atoms with Crippen LogP contribution in [0, 0.1) is 18.8 Å². The molecule has 3 aliphatic heterocycles. The second kappa shape index (κ2) is 11.7. The lowest BCUT2D eigenvalue weighted by Gasteiger charge is -2.44. The zero-order chi connectivity index (χ0) is 28.8. The summed E-state index contributed by atoms with van der Waals surface area (Å²) in [6.07, 6.45) is 7.34. The molecular formula is C30H46ClN3O4SSi. The van der Waals surface area contributed by atoms with E-state index in [2.05, 4.69) is 28.6 Å². The van der Waals surface area contributed by atoms with Gasteiger partial charge in [-0.3, -0.25) is 9.59 Å². The van der Waals surface area contributed by atoms with E-state index >= 15 is 0 Å². The summed E-state index contributed by atoms with van der Waals surface area (Å²) in [5.74, 6) is 0.0421. The number of thioether (sulfide) groups is 1. The molecule has 1 aliphatic carbocycles. The third kappa shape index (κ3) is 6.04. The molecule has 5 rings (SSSR count). The van der Waals surface area contributed by atoms with Crippen LogP contribution in [-0.2, 0) is 4.79 Å². The van der Waals surface area contributed by atoms with Crippen molar-refractivity contribution >= 4 is 43.3 Å². The highest BCUT2D eigenvalue weighted by Crippen LogP contribution is 2.52. The van der Waals surface area contributed by atoms with Crippen LogP contribution in [-0.4, -0.2) is 73.8 Å². The highest BCUT2D eigenvalue weighted by atomic mass is 35.5. The fourth-order valence-electron chi connectivity index (χ4n) is 7.08. The second-order valence-electron chi connectivity index (χ2n) is 13.4. The lowest BCUT2D eigenvalue weighted by Crippen LogP contribution is -2.52. The number of halogens is 1. The maximum atomic E-state index is 13.3. The number of fused-ring (bicyclic) bond motifs is 1. The molecular weight excluding hydrogens is 562 g/mol. The van der Waals surface area contributed by atoms with Crippen LogP contribution in [0.25, 0.3) is 0 Å². The van der Waals surface area contributed by atoms with Gasteiger partial charge in [-0.15, -0.1) is 0 Å². The first-order chi connectivity index (χ1) is 18.9. The molecule has 10 heteroatoms. The van der Waals surface area contributed by atoms with E-state index in [1.54, 1.807) is 17.8 Å². The SMILES string of the molecule is CSC1CC(C)NC(=O)C1CNC(=O)c1cc(Cl)c2c(c1C)OC(C)(C1CCC(N3CC[Si](C)(C)CC3)CC1)O2. The van der Waals surface area contributed by atoms with Gasteiger partial charge >= 0.3 is 0 Å². The predicted octanol–water partition coefficient (Wildman–Crippen LogP) is 5.70. The Balaban J connectivity index is 1.22. The van der Waals surface area contributed by atoms with Gasteiger partial charge in [0, 0.05) is 55.9 Å². The lowest BCUT2D eigenvalue weighted by molar-refractivity contribution is -0.127. The van der Waals surface area contributed by atoms with Crippen LogP contribution >= 0.6 is 23.4 Å². The van der Waals surface area contributed by atoms with Gasteiger partial charge in [0.25, 0.3) is 11.7 Å². The van der Waals surface area contributed by atoms with Crippen LogP contribution in [0.4, 0.5) is 0 Å². The average molecular weight is 608 g/mol. The minimum absolute atomic E-state index is 0.00435. The predicted molar refractivity (Wildman–Crippen MR) is 166 cm³/mol. The van der Waals surface area contributed by atoms with Crippen LogP contribution < -0.4 is 20.1 Å². The smallest absolute Gasteiger partial charge is 0.251 e. The molecule has 2 saturated heterocycles. The summed E-state index contributed by atoms with van der Waals surface area (Å²) < 4.78 is 13.0. The molecule has 3 heterocycles. The zero-order valence-electron chi connectivity index (χ0n) is 24.9. The molecule has 3 fully saturated rings. The molecule has 1 aromatic carbocycles. The molecule has 4 aliphatic rings. The first-order valence-electron chi connectivity index (χ1n) is 15.0. The number of piperidine rings is 1. The van der Waals surface area contributed by atoms with Gasteiger partial charge < -0.3 is 25.0 Å². The van der Waals surface area contributed by atoms with E-state index in [-0.39, 0.29) is 41.5 Å². The third-order valence-electron chi connectivity index (χ3n) is 9.94. The number of carbonyl (C=O) groups excluding carboxylic acids is 2. The van der Waals surface area contributed by atoms with Gasteiger partial charge in [-0.05, 0) is 83.5 Å². The number of rotatable bonds is 6. The number of hydrogen-bond donors (Lipinski definition) is 2. The van der Waals surface area contributed by atoms with E-state index in [1.807, 2.05) is 27.0 Å². The van der Waals surface area contributed by atoms with Crippen LogP contribution in [0.2, 0.25) is 30.2 Å². The van der Waals surface area contributed by atoms with Crippen molar-refractivity contribution in [2.45, 2.75) is 101 Å². The maximum absolute atomic E-state index is 13.3. The molecule has 40 heavy (non-hydrogen) atoms. The number of nitrogens with zero attached hydrogens (tertiary/aromatic N) is 1. The monoisotopic (exact) mass is 607 g/mol. The van der Waals surface area contributed by atoms with Crippen molar-refractivity contribution in [1.82, 2.24) is 15.5 Å². The number of amides is 2. The number of benzene rings is 1. The summed E-state index contributed by atoms with van der Waals surface area (Å²) in [5, 5.41) is 6.56. The van der Waals surface area contributed by atoms with E-state index in [0.717, 1.165) is 37.7 Å². The van der Waals surface area contributed by atoms with Crippen LogP contribution in [0.15, 0.2) is 6.07 Å². The maximum Gasteiger partial charge on any atom is 0.251 e. The minimum atomic E-state index is -0.969. The van der Waals surface area contributed by atoms with Gasteiger partial charge in [-0.1, -0.05) is 24.7 Å². The Bertz CT molecular complexity index is 1130. The Kier molecular flexibility index (Phi) is 8.78. The Morgan fingerprint density at radius 2 is 1.85 bits per heavy atom. The Morgan fingerprint density at radius 1 is 1.20 bits per heavy atom. The first-order valence-corrected chi connectivity index (χ1v) is 20.1. The summed E-state index contributed by atoms with van der Waals surface area (Å²) in [4.78, 5) is 28.7. The number of nitrogens with one attached hydrogen (secondary N) is 2. The highest BCUT2D eigenvalue weighted by molar-refractivity contribution is 7.99. The first kappa shape index (κ1) is 30.0. The number of ether oxygens (including phenoxy) is 2. The van der Waals surface area contributed by atoms with Crippen molar-refractivity contribution in [3.8, 4) is 11.5 Å². The van der Waals surface area contributed by atoms with E-state index in [9.17, 15) is 9.59 Å². The molecule has 0 spiro atoms. The molecule has 1 saturated carbocycles. The largest absolute Gasteiger partial charge is 0.448 e. The van der Waals surface area contributed by atoms with Gasteiger partial charge in [-0.2, -0.15) is 11.8 Å². The lowest BCUT2D eigenvalue weighted by atomic mass is 9.80. The molecule has 0 radical (unpaired) electrons. The molecule has 0 bridgehead atoms. The molecule has 4 unspecified atom stereocenters. The summed E-state index contributed by atoms with van der Waals surface area (Å²) in [6, 6.07) is 5.30. The van der Waals surface area contributed by atoms with Gasteiger partial charge in [0.2, 0.25) is 5.91 Å². The van der Waals surface area contributed by atoms with Gasteiger partial charge in [0.15, 0.2) is 11.5 Å². The summed E-state index contributed by atoms with van der Waals surface area (Å²) in [7, 11) is -0.969. The zero-order valence-corrected chi connectivity index (χ0v) is 27.5. The van der Waals surface area contributed by atoms with E-state index < -0.39 is 13.9 Å². The van der Waals surface area contributed by atoms with Gasteiger partial charge in [0.05, 0.1) is 10.9 Å². The van der Waals surface area contributed by atoms with Crippen molar-refractivity contribution in [2.75, 3.05) is 25.9 Å². The molecule has 1 aromatic rings. The van der Waals surface area contributed by atoms with E-state index in [4.69, 9.17) is 21.1 Å². The normalized spacial score (nSPS) is 33.9. The van der Waals surface area contributed by atoms with Crippen molar-refractivity contribution in [2.24, 2.45) is 11.8 Å². The Morgan fingerprint density at radius 3 is 2.50 bits per heavy atom. The summed E-state index contributed by atoms with van der Waals surface area (Å²) in [6.45, 7) is 13.8. The number of carbonyl (C=O) groups is 2. The molecule has 7 nitrogen and oxygen atoms in total. The third-order valence-corrected chi connectivity index (χ3v) is 14.5. The Hall–Kier alpha value is -1.42. The summed E-state index contributed by atoms with van der Waals surface area (Å²) >= 11 is 8.36. The topological polar surface area (TPSA) is 79.9 Å². The highest BCUT2D eigenvalue weighted by Gasteiger charge is 2.48. The second-order valence-corrected chi connectivity index (χ2v) is 20.2. The molecule has 0 aromatic heterocycles. The average Bonchev–Trinajstić information content (AvgIpc) is 3.29. The van der Waals surface area contributed by atoms with Crippen LogP contribution in [0.5, 0.6) is 11.5 Å². The standard InChI is InChI=1S/C30H46ClN3O4SSi/c1-18-15-25(39-4)23(29(36)33-18)17-32-28(35)22-16-24(31)27-26(19(22)2)37-30(3,38-27)20-7-9-21(10-8-20)34-11-13-40(5,6)14-12-34/h16,18,20-21,23,25H,7-15,17H2,1-6H3,(H,32,35)(H,33,36). The fraction of sp³-hybridized carbons (Fsp3) is 0.733. The van der Waals surface area contributed by atoms with Crippen molar-refractivity contribution < 1.29 is 19.1 Å². The molecule has 2 amide bonds. The Labute approximate surface area is 249 Å². The quantitative estimate of drug-likeness (QED) is 0.404. The van der Waals surface area contributed by atoms with E-state index in [0.29, 0.717) is 28.1 Å². The molecule has 222 valence electrons. The summed E-state index contributed by atoms with van der Waals surface area (Å²) in [5.41, 5.74) is 1.18. The van der Waals surface area contributed by atoms with Crippen LogP contribution in [0.3, 0.4) is 0 Å². The minimum Gasteiger partial charge on any atom is -0.448 e.